The van der Waals surface area contributed by atoms with Crippen molar-refractivity contribution in [2.45, 2.75) is 0 Å². The summed E-state index contributed by atoms with van der Waals surface area (Å²) in [6, 6.07) is 72.6. The summed E-state index contributed by atoms with van der Waals surface area (Å²) in [6.07, 6.45) is 0. The number of hydrogen-bond acceptors (Lipinski definition) is 5. The van der Waals surface area contributed by atoms with Gasteiger partial charge in [-0.15, -0.1) is 11.3 Å². The molecule has 9 aromatic carbocycles. The fourth-order valence-corrected chi connectivity index (χ4v) is 10.7. The van der Waals surface area contributed by atoms with E-state index in [0.717, 1.165) is 49.8 Å². The molecule has 4 aromatic heterocycles. The van der Waals surface area contributed by atoms with Crippen LogP contribution < -0.4 is 0 Å². The van der Waals surface area contributed by atoms with Gasteiger partial charge in [0.25, 0.3) is 0 Å². The van der Waals surface area contributed by atoms with Gasteiger partial charge in [-0.2, -0.15) is 0 Å². The Bertz CT molecular complexity index is 3910. The standard InChI is InChI=1S/C57H34N4OS/c1-4-15-35(16-5-1)40-22-12-24-44-42-21-10-11-26-47(42)61(53(40)44)48-27-14-28-49-52(48)46-32-30-38(33-50(46)62-49)56-58-55(37-19-8-3-9-20-37)59-57(60-56)39-29-31-43-45-25-13-23-41(36-17-6-2-7-18-36)54(45)63-51(43)34-39/h1-34H. The van der Waals surface area contributed by atoms with Gasteiger partial charge in [0, 0.05) is 58.6 Å². The number of nitrogens with zero attached hydrogens (tertiary/aromatic N) is 4. The van der Waals surface area contributed by atoms with Gasteiger partial charge in [-0.05, 0) is 53.1 Å². The molecule has 4 heterocycles. The second-order valence-corrected chi connectivity index (χ2v) is 17.0. The molecule has 0 bridgehead atoms. The average molecular weight is 823 g/mol. The summed E-state index contributed by atoms with van der Waals surface area (Å²) < 4.78 is 11.6. The van der Waals surface area contributed by atoms with Gasteiger partial charge in [0.1, 0.15) is 11.2 Å². The molecule has 5 nitrogen and oxygen atoms in total. The van der Waals surface area contributed by atoms with Crippen LogP contribution in [0, 0.1) is 0 Å². The Labute approximate surface area is 365 Å². The van der Waals surface area contributed by atoms with Crippen molar-refractivity contribution >= 4 is 75.3 Å². The molecule has 6 heteroatoms. The lowest BCUT2D eigenvalue weighted by Gasteiger charge is -2.13. The number of aromatic nitrogens is 4. The first kappa shape index (κ1) is 35.6. The van der Waals surface area contributed by atoms with E-state index in [1.54, 1.807) is 0 Å². The molecular weight excluding hydrogens is 789 g/mol. The third-order valence-electron chi connectivity index (χ3n) is 12.3. The third kappa shape index (κ3) is 5.73. The van der Waals surface area contributed by atoms with Gasteiger partial charge in [-0.3, -0.25) is 0 Å². The van der Waals surface area contributed by atoms with Crippen molar-refractivity contribution in [3.63, 3.8) is 0 Å². The van der Waals surface area contributed by atoms with E-state index in [4.69, 9.17) is 19.4 Å². The van der Waals surface area contributed by atoms with Gasteiger partial charge in [0.05, 0.1) is 22.1 Å². The highest BCUT2D eigenvalue weighted by molar-refractivity contribution is 7.26. The fourth-order valence-electron chi connectivity index (χ4n) is 9.38. The van der Waals surface area contributed by atoms with Crippen LogP contribution in [0.3, 0.4) is 0 Å². The Morgan fingerprint density at radius 1 is 0.381 bits per heavy atom. The van der Waals surface area contributed by atoms with E-state index in [-0.39, 0.29) is 0 Å². The highest BCUT2D eigenvalue weighted by Gasteiger charge is 2.22. The Hall–Kier alpha value is -8.19. The zero-order valence-electron chi connectivity index (χ0n) is 33.7. The highest BCUT2D eigenvalue weighted by Crippen LogP contribution is 2.44. The summed E-state index contributed by atoms with van der Waals surface area (Å²) in [7, 11) is 0. The molecule has 0 atom stereocenters. The van der Waals surface area contributed by atoms with Crippen molar-refractivity contribution in [3.8, 4) is 62.1 Å². The van der Waals surface area contributed by atoms with Crippen LogP contribution >= 0.6 is 11.3 Å². The van der Waals surface area contributed by atoms with E-state index in [2.05, 4.69) is 180 Å². The largest absolute Gasteiger partial charge is 0.456 e. The van der Waals surface area contributed by atoms with Crippen LogP contribution in [-0.4, -0.2) is 19.5 Å². The number of furan rings is 1. The van der Waals surface area contributed by atoms with E-state index < -0.39 is 0 Å². The molecule has 13 aromatic rings. The molecule has 0 aliphatic rings. The SMILES string of the molecule is c1ccc(-c2nc(-c3ccc4c(c3)oc3cccc(-n5c6ccccc6c6cccc(-c7ccccc7)c65)c34)nc(-c3ccc4c(c3)sc3c(-c5ccccc5)cccc34)n2)cc1. The maximum Gasteiger partial charge on any atom is 0.164 e. The Morgan fingerprint density at radius 3 is 1.70 bits per heavy atom. The predicted molar refractivity (Wildman–Crippen MR) is 262 cm³/mol. The van der Waals surface area contributed by atoms with Crippen molar-refractivity contribution in [1.29, 1.82) is 0 Å². The van der Waals surface area contributed by atoms with Crippen molar-refractivity contribution in [2.24, 2.45) is 0 Å². The zero-order valence-corrected chi connectivity index (χ0v) is 34.6. The number of hydrogen-bond donors (Lipinski definition) is 0. The fraction of sp³-hybridized carbons (Fsp3) is 0. The molecule has 294 valence electrons. The van der Waals surface area contributed by atoms with E-state index in [1.807, 2.05) is 41.7 Å². The first-order chi connectivity index (χ1) is 31.2. The minimum absolute atomic E-state index is 0.583. The molecule has 0 aliphatic carbocycles. The second kappa shape index (κ2) is 14.2. The molecule has 0 amide bonds. The lowest BCUT2D eigenvalue weighted by atomic mass is 10.0. The van der Waals surface area contributed by atoms with Crippen LogP contribution in [0.5, 0.6) is 0 Å². The van der Waals surface area contributed by atoms with Gasteiger partial charge in [-0.1, -0.05) is 170 Å². The molecule has 13 rings (SSSR count). The highest BCUT2D eigenvalue weighted by atomic mass is 32.1. The zero-order chi connectivity index (χ0) is 41.4. The minimum atomic E-state index is 0.583. The average Bonchev–Trinajstić information content (AvgIpc) is 4.04. The minimum Gasteiger partial charge on any atom is -0.456 e. The number of para-hydroxylation sites is 2. The van der Waals surface area contributed by atoms with Crippen LogP contribution in [-0.2, 0) is 0 Å². The summed E-state index contributed by atoms with van der Waals surface area (Å²) in [5.74, 6) is 1.82. The molecule has 0 saturated carbocycles. The third-order valence-corrected chi connectivity index (χ3v) is 13.5. The van der Waals surface area contributed by atoms with Crippen LogP contribution in [0.15, 0.2) is 211 Å². The predicted octanol–water partition coefficient (Wildman–Crippen LogP) is 15.6. The first-order valence-electron chi connectivity index (χ1n) is 21.1. The van der Waals surface area contributed by atoms with Gasteiger partial charge in [0.2, 0.25) is 0 Å². The molecule has 0 radical (unpaired) electrons. The van der Waals surface area contributed by atoms with Crippen molar-refractivity contribution < 1.29 is 4.42 Å². The van der Waals surface area contributed by atoms with Gasteiger partial charge in [0.15, 0.2) is 17.5 Å². The molecular formula is C57H34N4OS. The van der Waals surface area contributed by atoms with Crippen LogP contribution in [0.4, 0.5) is 0 Å². The Kier molecular flexibility index (Phi) is 8.01. The Balaban J connectivity index is 0.976. The molecule has 0 spiro atoms. The molecule has 0 N–H and O–H groups in total. The normalized spacial score (nSPS) is 11.8. The van der Waals surface area contributed by atoms with Gasteiger partial charge >= 0.3 is 0 Å². The van der Waals surface area contributed by atoms with E-state index >= 15 is 0 Å². The van der Waals surface area contributed by atoms with Gasteiger partial charge < -0.3 is 8.98 Å². The summed E-state index contributed by atoms with van der Waals surface area (Å²) in [6.45, 7) is 0. The van der Waals surface area contributed by atoms with Crippen LogP contribution in [0.25, 0.3) is 126 Å². The lowest BCUT2D eigenvalue weighted by Crippen LogP contribution is -2.00. The summed E-state index contributed by atoms with van der Waals surface area (Å²) in [5.41, 5.74) is 12.5. The summed E-state index contributed by atoms with van der Waals surface area (Å²) in [4.78, 5) is 15.4. The summed E-state index contributed by atoms with van der Waals surface area (Å²) in [5, 5.41) is 6.97. The van der Waals surface area contributed by atoms with Gasteiger partial charge in [-0.25, -0.2) is 15.0 Å². The topological polar surface area (TPSA) is 56.7 Å². The van der Waals surface area contributed by atoms with Crippen LogP contribution in [0.1, 0.15) is 0 Å². The molecule has 0 aliphatic heterocycles. The van der Waals surface area contributed by atoms with Crippen LogP contribution in [0.2, 0.25) is 0 Å². The Morgan fingerprint density at radius 2 is 0.952 bits per heavy atom. The second-order valence-electron chi connectivity index (χ2n) is 15.9. The molecule has 0 saturated heterocycles. The number of fused-ring (bicyclic) bond motifs is 9. The van der Waals surface area contributed by atoms with E-state index in [0.29, 0.717) is 17.5 Å². The quantitative estimate of drug-likeness (QED) is 0.168. The first-order valence-corrected chi connectivity index (χ1v) is 21.9. The molecule has 0 unspecified atom stereocenters. The van der Waals surface area contributed by atoms with E-state index in [9.17, 15) is 0 Å². The summed E-state index contributed by atoms with van der Waals surface area (Å²) >= 11 is 1.81. The van der Waals surface area contributed by atoms with Crippen molar-refractivity contribution in [2.75, 3.05) is 0 Å². The number of benzene rings is 9. The maximum atomic E-state index is 6.76. The smallest absolute Gasteiger partial charge is 0.164 e. The van der Waals surface area contributed by atoms with E-state index in [1.165, 1.54) is 58.7 Å². The van der Waals surface area contributed by atoms with Crippen molar-refractivity contribution in [3.05, 3.63) is 206 Å². The number of rotatable bonds is 6. The number of thiophene rings is 1. The monoisotopic (exact) mass is 822 g/mol. The molecule has 0 fully saturated rings. The van der Waals surface area contributed by atoms with Crippen molar-refractivity contribution in [1.82, 2.24) is 19.5 Å². The molecule has 63 heavy (non-hydrogen) atoms. The lowest BCUT2D eigenvalue weighted by molar-refractivity contribution is 0.669. The maximum absolute atomic E-state index is 6.76.